The summed E-state index contributed by atoms with van der Waals surface area (Å²) in [6, 6.07) is 4.32. The third-order valence-electron chi connectivity index (χ3n) is 5.71. The zero-order valence-electron chi connectivity index (χ0n) is 19.1. The lowest BCUT2D eigenvalue weighted by Crippen LogP contribution is -2.49. The van der Waals surface area contributed by atoms with Crippen molar-refractivity contribution < 1.29 is 47.8 Å². The van der Waals surface area contributed by atoms with E-state index >= 15 is 0 Å². The van der Waals surface area contributed by atoms with Crippen molar-refractivity contribution in [2.24, 2.45) is 0 Å². The number of cyclic esters (lactones) is 1. The lowest BCUT2D eigenvalue weighted by atomic mass is 10.2. The van der Waals surface area contributed by atoms with Crippen LogP contribution < -0.4 is 15.1 Å². The Bertz CT molecular complexity index is 1030. The number of benzene rings is 1. The molecule has 5 N–H and O–H groups in total. The second kappa shape index (κ2) is 11.9. The van der Waals surface area contributed by atoms with Gasteiger partial charge in [-0.1, -0.05) is 0 Å². The average molecular weight is 567 g/mol. The molecule has 1 aromatic rings. The molecule has 2 unspecified atom stereocenters. The van der Waals surface area contributed by atoms with Gasteiger partial charge in [0.25, 0.3) is 13.6 Å². The third kappa shape index (κ3) is 6.35. The summed E-state index contributed by atoms with van der Waals surface area (Å²) in [5.74, 6) is -0.931. The van der Waals surface area contributed by atoms with Gasteiger partial charge in [0.1, 0.15) is 18.5 Å². The molecular formula is C19H26FN4O9P2S+. The van der Waals surface area contributed by atoms with Crippen LogP contribution in [0.2, 0.25) is 0 Å². The first-order valence-corrected chi connectivity index (χ1v) is 13.6. The van der Waals surface area contributed by atoms with Crippen molar-refractivity contribution in [1.82, 2.24) is 10.2 Å². The quantitative estimate of drug-likeness (QED) is 0.216. The number of ether oxygens (including phenoxy) is 2. The SMILES string of the molecule is CC(OC(=S)NC[C@H]1CN(c2ccc(N3CCN(C(=O)CO)CC3)c(F)c2)C(=O)O1)(P(O)O)[P+](=O)O. The summed E-state index contributed by atoms with van der Waals surface area (Å²) in [7, 11) is -6.08. The number of nitrogens with zero attached hydrogens (tertiary/aromatic N) is 3. The molecule has 0 bridgehead atoms. The van der Waals surface area contributed by atoms with Crippen LogP contribution in [0.5, 0.6) is 0 Å². The zero-order chi connectivity index (χ0) is 26.6. The molecule has 2 amide bonds. The maximum Gasteiger partial charge on any atom is 0.563 e. The van der Waals surface area contributed by atoms with E-state index in [-0.39, 0.29) is 24.7 Å². The molecule has 2 fully saturated rings. The average Bonchev–Trinajstić information content (AvgIpc) is 3.22. The molecule has 3 atom stereocenters. The largest absolute Gasteiger partial charge is 0.563 e. The smallest absolute Gasteiger partial charge is 0.442 e. The highest BCUT2D eigenvalue weighted by Crippen LogP contribution is 2.56. The van der Waals surface area contributed by atoms with E-state index in [0.29, 0.717) is 31.9 Å². The van der Waals surface area contributed by atoms with Gasteiger partial charge in [0.05, 0.1) is 24.5 Å². The predicted octanol–water partition coefficient (Wildman–Crippen LogP) is 0.388. The Kier molecular flexibility index (Phi) is 9.33. The molecule has 13 nitrogen and oxygen atoms in total. The summed E-state index contributed by atoms with van der Waals surface area (Å²) >= 11 is 4.92. The van der Waals surface area contributed by atoms with Crippen molar-refractivity contribution in [3.63, 3.8) is 0 Å². The molecule has 0 saturated carbocycles. The standard InChI is InChI=1S/C19H25FN4O9P2S/c1-19(34(28)29,35(30)31)33-17(36)21-9-13-10-24(18(27)32-13)12-2-3-15(14(20)8-12)22-4-6-23(7-5-22)16(26)11-25/h2-3,8,13,25,28-29H,4-7,9-11H2,1H3,(H-,21,30,31,36)/p+1/t13-,19?/m0/s1. The van der Waals surface area contributed by atoms with Gasteiger partial charge in [-0.2, -0.15) is 4.89 Å². The summed E-state index contributed by atoms with van der Waals surface area (Å²) in [6.45, 7) is 1.94. The fourth-order valence-corrected chi connectivity index (χ4v) is 4.95. The van der Waals surface area contributed by atoms with Crippen molar-refractivity contribution in [3.05, 3.63) is 24.0 Å². The lowest BCUT2D eigenvalue weighted by molar-refractivity contribution is -0.134. The predicted molar refractivity (Wildman–Crippen MR) is 131 cm³/mol. The van der Waals surface area contributed by atoms with Crippen LogP contribution in [0.4, 0.5) is 20.6 Å². The minimum atomic E-state index is -3.13. The van der Waals surface area contributed by atoms with Crippen LogP contribution in [0.25, 0.3) is 0 Å². The van der Waals surface area contributed by atoms with Gasteiger partial charge >= 0.3 is 19.2 Å². The van der Waals surface area contributed by atoms with E-state index in [9.17, 15) is 33.2 Å². The Morgan fingerprint density at radius 3 is 2.58 bits per heavy atom. The molecule has 1 aromatic carbocycles. The molecule has 0 aromatic heterocycles. The molecular weight excluding hydrogens is 541 g/mol. The maximum absolute atomic E-state index is 14.9. The molecule has 17 heteroatoms. The van der Waals surface area contributed by atoms with Crippen molar-refractivity contribution in [2.45, 2.75) is 18.1 Å². The second-order valence-corrected chi connectivity index (χ2v) is 11.6. The number of thiocarbonyl (C=S) groups is 1. The molecule has 36 heavy (non-hydrogen) atoms. The van der Waals surface area contributed by atoms with E-state index in [2.05, 4.69) is 5.32 Å². The van der Waals surface area contributed by atoms with Crippen LogP contribution in [0.1, 0.15) is 6.92 Å². The monoisotopic (exact) mass is 567 g/mol. The highest BCUT2D eigenvalue weighted by molar-refractivity contribution is 7.80. The fraction of sp³-hybridized carbons (Fsp3) is 0.526. The number of aliphatic hydroxyl groups excluding tert-OH is 1. The summed E-state index contributed by atoms with van der Waals surface area (Å²) < 4.78 is 36.6. The van der Waals surface area contributed by atoms with E-state index in [4.69, 9.17) is 26.8 Å². The highest BCUT2D eigenvalue weighted by Gasteiger charge is 2.56. The minimum absolute atomic E-state index is 0.0490. The molecule has 2 heterocycles. The maximum atomic E-state index is 14.9. The van der Waals surface area contributed by atoms with Crippen LogP contribution in [-0.2, 0) is 18.8 Å². The number of nitrogens with one attached hydrogen (secondary N) is 1. The number of anilines is 2. The van der Waals surface area contributed by atoms with E-state index in [1.165, 1.54) is 21.9 Å². The Morgan fingerprint density at radius 1 is 1.36 bits per heavy atom. The van der Waals surface area contributed by atoms with Crippen LogP contribution in [0.15, 0.2) is 18.2 Å². The van der Waals surface area contributed by atoms with Crippen LogP contribution in [-0.4, -0.2) is 98.9 Å². The Morgan fingerprint density at radius 2 is 2.03 bits per heavy atom. The van der Waals surface area contributed by atoms with Crippen LogP contribution in [0, 0.1) is 5.82 Å². The highest BCUT2D eigenvalue weighted by atomic mass is 32.1. The van der Waals surface area contributed by atoms with E-state index in [1.807, 2.05) is 0 Å². The van der Waals surface area contributed by atoms with Gasteiger partial charge in [0, 0.05) is 33.1 Å². The molecule has 0 aliphatic carbocycles. The van der Waals surface area contributed by atoms with Gasteiger partial charge < -0.3 is 39.5 Å². The number of halogens is 1. The number of amides is 2. The first kappa shape index (κ1) is 28.3. The first-order valence-electron chi connectivity index (χ1n) is 10.7. The van der Waals surface area contributed by atoms with Gasteiger partial charge in [-0.05, 0) is 35.0 Å². The summed E-state index contributed by atoms with van der Waals surface area (Å²) in [5, 5.41) is 8.98. The van der Waals surface area contributed by atoms with Crippen LogP contribution >= 0.6 is 28.6 Å². The summed E-state index contributed by atoms with van der Waals surface area (Å²) in [6.07, 6.45) is -1.44. The molecule has 2 aliphatic rings. The van der Waals surface area contributed by atoms with Gasteiger partial charge in [-0.15, -0.1) is 0 Å². The van der Waals surface area contributed by atoms with Gasteiger partial charge in [0.2, 0.25) is 5.91 Å². The van der Waals surface area contributed by atoms with Gasteiger partial charge in [-0.25, -0.2) is 9.18 Å². The molecule has 2 saturated heterocycles. The van der Waals surface area contributed by atoms with Crippen molar-refractivity contribution in [3.8, 4) is 0 Å². The number of aliphatic hydroxyl groups is 1. The lowest BCUT2D eigenvalue weighted by Gasteiger charge is -2.36. The normalized spacial score (nSPS) is 20.2. The molecule has 2 aliphatic heterocycles. The minimum Gasteiger partial charge on any atom is -0.442 e. The number of hydrogen-bond donors (Lipinski definition) is 5. The number of carbonyl (C=O) groups is 2. The molecule has 0 spiro atoms. The zero-order valence-corrected chi connectivity index (χ0v) is 21.7. The number of piperazine rings is 1. The fourth-order valence-electron chi connectivity index (χ4n) is 3.62. The first-order chi connectivity index (χ1) is 17.0. The Labute approximate surface area is 213 Å². The van der Waals surface area contributed by atoms with E-state index in [0.717, 1.165) is 6.92 Å². The van der Waals surface area contributed by atoms with E-state index in [1.54, 1.807) is 11.0 Å². The second-order valence-electron chi connectivity index (χ2n) is 8.04. The van der Waals surface area contributed by atoms with Gasteiger partial charge in [-0.3, -0.25) is 9.69 Å². The number of rotatable bonds is 8. The van der Waals surface area contributed by atoms with Crippen molar-refractivity contribution in [2.75, 3.05) is 55.7 Å². The number of carbonyl (C=O) groups excluding carboxylic acids is 2. The van der Waals surface area contributed by atoms with Crippen molar-refractivity contribution in [1.29, 1.82) is 0 Å². The molecule has 198 valence electrons. The Balaban J connectivity index is 1.56. The number of hydrogen-bond acceptors (Lipinski definition) is 10. The molecule has 0 radical (unpaired) electrons. The topological polar surface area (TPSA) is 172 Å². The van der Waals surface area contributed by atoms with Gasteiger partial charge in [0.15, 0.2) is 0 Å². The van der Waals surface area contributed by atoms with E-state index < -0.39 is 51.3 Å². The Hall–Kier alpha value is -2.25. The summed E-state index contributed by atoms with van der Waals surface area (Å²) in [5.41, 5.74) is 0.592. The summed E-state index contributed by atoms with van der Waals surface area (Å²) in [4.78, 5) is 56.5. The van der Waals surface area contributed by atoms with Crippen molar-refractivity contribution >= 4 is 57.2 Å². The third-order valence-corrected chi connectivity index (χ3v) is 8.62. The molecule has 3 rings (SSSR count). The van der Waals surface area contributed by atoms with Crippen LogP contribution in [0.3, 0.4) is 0 Å².